The Bertz CT molecular complexity index is 1140. The zero-order valence-corrected chi connectivity index (χ0v) is 18.2. The number of benzene rings is 1. The van der Waals surface area contributed by atoms with Gasteiger partial charge in [-0.15, -0.1) is 11.3 Å². The summed E-state index contributed by atoms with van der Waals surface area (Å²) >= 11 is 5.27. The van der Waals surface area contributed by atoms with Crippen LogP contribution in [0.1, 0.15) is 16.8 Å². The Hall–Kier alpha value is -2.41. The molecule has 4 heterocycles. The molecule has 1 aliphatic rings. The van der Waals surface area contributed by atoms with E-state index < -0.39 is 0 Å². The van der Waals surface area contributed by atoms with E-state index in [1.807, 2.05) is 24.7 Å². The van der Waals surface area contributed by atoms with E-state index in [1.54, 1.807) is 11.3 Å². The summed E-state index contributed by atoms with van der Waals surface area (Å²) in [4.78, 5) is 17.4. The minimum atomic E-state index is 0.844. The van der Waals surface area contributed by atoms with E-state index in [2.05, 4.69) is 72.6 Å². The van der Waals surface area contributed by atoms with Crippen molar-refractivity contribution >= 4 is 27.3 Å². The van der Waals surface area contributed by atoms with Gasteiger partial charge in [0.1, 0.15) is 0 Å². The second-order valence-electron chi connectivity index (χ2n) is 7.15. The van der Waals surface area contributed by atoms with Gasteiger partial charge < -0.3 is 0 Å². The molecule has 0 unspecified atom stereocenters. The summed E-state index contributed by atoms with van der Waals surface area (Å²) in [5, 5.41) is 2.07. The number of pyridine rings is 1. The summed E-state index contributed by atoms with van der Waals surface area (Å²) in [5.41, 5.74) is 6.09. The van der Waals surface area contributed by atoms with Crippen LogP contribution in [0.2, 0.25) is 0 Å². The predicted molar refractivity (Wildman–Crippen MR) is 121 cm³/mol. The molecule has 0 atom stereocenters. The van der Waals surface area contributed by atoms with Crippen molar-refractivity contribution in [1.82, 2.24) is 19.9 Å². The number of fused-ring (bicyclic) bond motifs is 1. The van der Waals surface area contributed by atoms with E-state index in [9.17, 15) is 0 Å². The topological polar surface area (TPSA) is 41.9 Å². The molecule has 6 heteroatoms. The Morgan fingerprint density at radius 3 is 2.93 bits per heavy atom. The highest BCUT2D eigenvalue weighted by atomic mass is 79.9. The van der Waals surface area contributed by atoms with Gasteiger partial charge in [-0.3, -0.25) is 9.88 Å². The second-order valence-corrected chi connectivity index (χ2v) is 9.01. The number of halogens is 1. The molecule has 29 heavy (non-hydrogen) atoms. The summed E-state index contributed by atoms with van der Waals surface area (Å²) in [7, 11) is 0. The van der Waals surface area contributed by atoms with Crippen LogP contribution in [0, 0.1) is 0 Å². The normalized spacial score (nSPS) is 14.0. The summed E-state index contributed by atoms with van der Waals surface area (Å²) in [6, 6.07) is 14.7. The lowest BCUT2D eigenvalue weighted by molar-refractivity contribution is 0.243. The third-order valence-electron chi connectivity index (χ3n) is 5.19. The van der Waals surface area contributed by atoms with Crippen molar-refractivity contribution in [3.63, 3.8) is 0 Å². The number of rotatable bonds is 4. The summed E-state index contributed by atoms with van der Waals surface area (Å²) in [6.07, 6.45) is 6.80. The maximum Gasteiger partial charge on any atom is 0.169 e. The van der Waals surface area contributed by atoms with Crippen LogP contribution in [0.4, 0.5) is 0 Å². The van der Waals surface area contributed by atoms with Crippen molar-refractivity contribution in [3.05, 3.63) is 87.7 Å². The van der Waals surface area contributed by atoms with E-state index in [-0.39, 0.29) is 0 Å². The first-order valence-electron chi connectivity index (χ1n) is 9.56. The Labute approximate surface area is 182 Å². The van der Waals surface area contributed by atoms with Crippen LogP contribution in [0.15, 0.2) is 70.9 Å². The van der Waals surface area contributed by atoms with Crippen LogP contribution in [-0.4, -0.2) is 26.4 Å². The van der Waals surface area contributed by atoms with Crippen LogP contribution in [0.5, 0.6) is 0 Å². The molecule has 0 saturated heterocycles. The number of nitrogens with zero attached hydrogens (tertiary/aromatic N) is 4. The maximum absolute atomic E-state index is 4.83. The van der Waals surface area contributed by atoms with Crippen LogP contribution in [-0.2, 0) is 19.5 Å². The van der Waals surface area contributed by atoms with Gasteiger partial charge in [-0.05, 0) is 46.3 Å². The van der Waals surface area contributed by atoms with Crippen molar-refractivity contribution in [2.75, 3.05) is 6.54 Å². The molecular weight excluding hydrogens is 444 g/mol. The predicted octanol–water partition coefficient (Wildman–Crippen LogP) is 5.59. The highest BCUT2D eigenvalue weighted by Crippen LogP contribution is 2.29. The molecule has 1 aromatic carbocycles. The highest BCUT2D eigenvalue weighted by molar-refractivity contribution is 9.10. The largest absolute Gasteiger partial charge is 0.294 e. The number of aromatic nitrogens is 3. The molecule has 1 aliphatic heterocycles. The lowest BCUT2D eigenvalue weighted by atomic mass is 10.0. The Balaban J connectivity index is 1.37. The number of thiophene rings is 1. The van der Waals surface area contributed by atoms with Gasteiger partial charge in [0.05, 0.1) is 10.6 Å². The molecule has 0 bridgehead atoms. The molecule has 144 valence electrons. The molecule has 5 rings (SSSR count). The van der Waals surface area contributed by atoms with Gasteiger partial charge >= 0.3 is 0 Å². The Morgan fingerprint density at radius 2 is 2.07 bits per heavy atom. The SMILES string of the molecule is Brc1cccc(-c2ccncc2CN2CCc3nc(-c4cccs4)ncc3C2)c1. The molecule has 0 fully saturated rings. The molecule has 0 radical (unpaired) electrons. The van der Waals surface area contributed by atoms with E-state index in [0.29, 0.717) is 0 Å². The summed E-state index contributed by atoms with van der Waals surface area (Å²) < 4.78 is 1.09. The van der Waals surface area contributed by atoms with Crippen molar-refractivity contribution in [2.24, 2.45) is 0 Å². The fourth-order valence-corrected chi connectivity index (χ4v) is 4.83. The molecule has 0 N–H and O–H groups in total. The zero-order valence-electron chi connectivity index (χ0n) is 15.8. The van der Waals surface area contributed by atoms with Gasteiger partial charge in [-0.25, -0.2) is 9.97 Å². The van der Waals surface area contributed by atoms with Gasteiger partial charge in [0.2, 0.25) is 0 Å². The molecule has 0 amide bonds. The fraction of sp³-hybridized carbons (Fsp3) is 0.174. The lowest BCUT2D eigenvalue weighted by Crippen LogP contribution is -2.31. The first kappa shape index (κ1) is 18.6. The van der Waals surface area contributed by atoms with Crippen LogP contribution in [0.3, 0.4) is 0 Å². The first-order chi connectivity index (χ1) is 14.3. The minimum absolute atomic E-state index is 0.844. The monoisotopic (exact) mass is 462 g/mol. The van der Waals surface area contributed by atoms with Crippen molar-refractivity contribution in [1.29, 1.82) is 0 Å². The standard InChI is InChI=1S/C23H19BrN4S/c24-19-4-1-3-16(11-19)20-6-8-25-12-17(20)14-28-9-7-21-18(15-28)13-26-23(27-21)22-5-2-10-29-22/h1-6,8,10-13H,7,9,14-15H2. The second kappa shape index (κ2) is 8.14. The van der Waals surface area contributed by atoms with E-state index in [0.717, 1.165) is 41.2 Å². The minimum Gasteiger partial charge on any atom is -0.294 e. The maximum atomic E-state index is 4.83. The average Bonchev–Trinajstić information content (AvgIpc) is 3.29. The van der Waals surface area contributed by atoms with Gasteiger partial charge in [-0.1, -0.05) is 34.1 Å². The van der Waals surface area contributed by atoms with Crippen molar-refractivity contribution in [3.8, 4) is 21.8 Å². The number of hydrogen-bond donors (Lipinski definition) is 0. The molecule has 3 aromatic heterocycles. The summed E-state index contributed by atoms with van der Waals surface area (Å²) in [6.45, 7) is 2.72. The molecule has 0 saturated carbocycles. The average molecular weight is 463 g/mol. The molecular formula is C23H19BrN4S. The Kier molecular flexibility index (Phi) is 5.23. The Morgan fingerprint density at radius 1 is 1.10 bits per heavy atom. The third-order valence-corrected chi connectivity index (χ3v) is 6.55. The highest BCUT2D eigenvalue weighted by Gasteiger charge is 2.20. The number of hydrogen-bond acceptors (Lipinski definition) is 5. The van der Waals surface area contributed by atoms with E-state index in [1.165, 1.54) is 27.9 Å². The smallest absolute Gasteiger partial charge is 0.169 e. The molecule has 4 nitrogen and oxygen atoms in total. The third kappa shape index (κ3) is 4.01. The van der Waals surface area contributed by atoms with Gasteiger partial charge in [0, 0.05) is 54.7 Å². The van der Waals surface area contributed by atoms with Crippen LogP contribution in [0.25, 0.3) is 21.8 Å². The van der Waals surface area contributed by atoms with Crippen LogP contribution < -0.4 is 0 Å². The van der Waals surface area contributed by atoms with Crippen molar-refractivity contribution in [2.45, 2.75) is 19.5 Å². The van der Waals surface area contributed by atoms with Gasteiger partial charge in [0.15, 0.2) is 5.82 Å². The van der Waals surface area contributed by atoms with E-state index >= 15 is 0 Å². The summed E-state index contributed by atoms with van der Waals surface area (Å²) in [5.74, 6) is 0.844. The molecule has 4 aromatic rings. The fourth-order valence-electron chi connectivity index (χ4n) is 3.77. The quantitative estimate of drug-likeness (QED) is 0.396. The molecule has 0 spiro atoms. The first-order valence-corrected chi connectivity index (χ1v) is 11.2. The van der Waals surface area contributed by atoms with Gasteiger partial charge in [0.25, 0.3) is 0 Å². The molecule has 0 aliphatic carbocycles. The van der Waals surface area contributed by atoms with Crippen LogP contribution >= 0.6 is 27.3 Å². The zero-order chi connectivity index (χ0) is 19.6. The van der Waals surface area contributed by atoms with Gasteiger partial charge in [-0.2, -0.15) is 0 Å². The lowest BCUT2D eigenvalue weighted by Gasteiger charge is -2.28. The van der Waals surface area contributed by atoms with E-state index in [4.69, 9.17) is 4.98 Å². The van der Waals surface area contributed by atoms with Crippen molar-refractivity contribution < 1.29 is 0 Å².